The number of halogens is 1. The summed E-state index contributed by atoms with van der Waals surface area (Å²) in [6.45, 7) is 2.50. The van der Waals surface area contributed by atoms with E-state index in [1.165, 1.54) is 6.33 Å². The predicted octanol–water partition coefficient (Wildman–Crippen LogP) is 3.81. The normalized spacial score (nSPS) is 10.3. The number of benzene rings is 1. The van der Waals surface area contributed by atoms with Crippen molar-refractivity contribution in [2.75, 3.05) is 10.6 Å². The quantitative estimate of drug-likeness (QED) is 0.684. The molecule has 0 fully saturated rings. The highest BCUT2D eigenvalue weighted by Gasteiger charge is 2.10. The molecule has 3 aromatic rings. The fourth-order valence-electron chi connectivity index (χ4n) is 2.13. The summed E-state index contributed by atoms with van der Waals surface area (Å²) in [4.78, 5) is 24.8. The Hall–Kier alpha value is -2.80. The Balaban J connectivity index is 1.67. The van der Waals surface area contributed by atoms with Crippen LogP contribution in [-0.4, -0.2) is 20.9 Å². The van der Waals surface area contributed by atoms with Crippen LogP contribution < -0.4 is 10.6 Å². The van der Waals surface area contributed by atoms with Gasteiger partial charge in [-0.15, -0.1) is 0 Å². The number of nitrogens with zero attached hydrogens (tertiary/aromatic N) is 3. The van der Waals surface area contributed by atoms with E-state index in [0.29, 0.717) is 18.1 Å². The van der Waals surface area contributed by atoms with Gasteiger partial charge in [0.25, 0.3) is 5.91 Å². The minimum absolute atomic E-state index is 0.287. The van der Waals surface area contributed by atoms with E-state index in [-0.39, 0.29) is 11.6 Å². The first kappa shape index (κ1) is 17.0. The van der Waals surface area contributed by atoms with Gasteiger partial charge in [0.15, 0.2) is 0 Å². The summed E-state index contributed by atoms with van der Waals surface area (Å²) >= 11 is 3.45. The Labute approximate surface area is 153 Å². The molecule has 0 aliphatic carbocycles. The minimum atomic E-state index is -0.293. The number of carbonyl (C=O) groups excluding carboxylic acids is 1. The van der Waals surface area contributed by atoms with Crippen LogP contribution in [0.3, 0.4) is 0 Å². The van der Waals surface area contributed by atoms with Crippen LogP contribution in [0.5, 0.6) is 0 Å². The van der Waals surface area contributed by atoms with Crippen molar-refractivity contribution < 1.29 is 4.79 Å². The number of aryl methyl sites for hydroxylation is 1. The maximum absolute atomic E-state index is 12.4. The van der Waals surface area contributed by atoms with Crippen molar-refractivity contribution in [3.05, 3.63) is 76.4 Å². The largest absolute Gasteiger partial charge is 0.364 e. The lowest BCUT2D eigenvalue weighted by Gasteiger charge is -2.08. The van der Waals surface area contributed by atoms with Crippen molar-refractivity contribution >= 4 is 33.3 Å². The molecule has 7 heteroatoms. The van der Waals surface area contributed by atoms with Crippen LogP contribution in [0, 0.1) is 6.92 Å². The molecule has 0 unspecified atom stereocenters. The van der Waals surface area contributed by atoms with Crippen LogP contribution in [0.1, 0.15) is 21.7 Å². The van der Waals surface area contributed by atoms with E-state index in [1.54, 1.807) is 12.3 Å². The molecule has 0 saturated carbocycles. The second kappa shape index (κ2) is 7.85. The number of aromatic nitrogens is 3. The molecule has 1 aromatic carbocycles. The summed E-state index contributed by atoms with van der Waals surface area (Å²) in [5.41, 5.74) is 2.97. The SMILES string of the molecule is Cc1ccc(NC(=O)c2cc(NCc3ccccn3)ncn2)cc1Br. The minimum Gasteiger partial charge on any atom is -0.364 e. The second-order valence-corrected chi connectivity index (χ2v) is 6.24. The molecule has 0 spiro atoms. The highest BCUT2D eigenvalue weighted by atomic mass is 79.9. The van der Waals surface area contributed by atoms with Gasteiger partial charge in [0, 0.05) is 22.4 Å². The summed E-state index contributed by atoms with van der Waals surface area (Å²) in [5, 5.41) is 5.96. The van der Waals surface area contributed by atoms with Gasteiger partial charge in [0.2, 0.25) is 0 Å². The number of anilines is 2. The molecule has 2 N–H and O–H groups in total. The van der Waals surface area contributed by atoms with Crippen molar-refractivity contribution in [1.29, 1.82) is 0 Å². The van der Waals surface area contributed by atoms with Crippen LogP contribution in [0.25, 0.3) is 0 Å². The highest BCUT2D eigenvalue weighted by Crippen LogP contribution is 2.21. The third kappa shape index (κ3) is 4.60. The van der Waals surface area contributed by atoms with Crippen LogP contribution in [0.4, 0.5) is 11.5 Å². The first-order valence-electron chi connectivity index (χ1n) is 7.65. The lowest BCUT2D eigenvalue weighted by molar-refractivity contribution is 0.102. The molecule has 0 atom stereocenters. The Morgan fingerprint density at radius 3 is 2.76 bits per heavy atom. The van der Waals surface area contributed by atoms with E-state index >= 15 is 0 Å². The van der Waals surface area contributed by atoms with E-state index in [2.05, 4.69) is 41.5 Å². The molecule has 6 nitrogen and oxygen atoms in total. The lowest BCUT2D eigenvalue weighted by atomic mass is 10.2. The van der Waals surface area contributed by atoms with Gasteiger partial charge in [-0.25, -0.2) is 9.97 Å². The standard InChI is InChI=1S/C18H16BrN5O/c1-12-5-6-13(8-15(12)19)24-18(25)16-9-17(23-11-22-16)21-10-14-4-2-3-7-20-14/h2-9,11H,10H2,1H3,(H,24,25)(H,21,22,23). The molecule has 2 heterocycles. The van der Waals surface area contributed by atoms with Crippen molar-refractivity contribution in [1.82, 2.24) is 15.0 Å². The maximum atomic E-state index is 12.4. The molecule has 2 aromatic heterocycles. The maximum Gasteiger partial charge on any atom is 0.274 e. The molecule has 25 heavy (non-hydrogen) atoms. The fraction of sp³-hybridized carbons (Fsp3) is 0.111. The van der Waals surface area contributed by atoms with E-state index < -0.39 is 0 Å². The number of pyridine rings is 1. The van der Waals surface area contributed by atoms with E-state index in [4.69, 9.17) is 0 Å². The first-order valence-corrected chi connectivity index (χ1v) is 8.44. The van der Waals surface area contributed by atoms with Crippen LogP contribution in [0.15, 0.2) is 59.5 Å². The van der Waals surface area contributed by atoms with Crippen molar-refractivity contribution in [2.24, 2.45) is 0 Å². The van der Waals surface area contributed by atoms with Gasteiger partial charge in [-0.3, -0.25) is 9.78 Å². The summed E-state index contributed by atoms with van der Waals surface area (Å²) < 4.78 is 0.936. The fourth-order valence-corrected chi connectivity index (χ4v) is 2.51. The third-order valence-electron chi connectivity index (χ3n) is 3.51. The van der Waals surface area contributed by atoms with Crippen LogP contribution in [-0.2, 0) is 6.54 Å². The van der Waals surface area contributed by atoms with Crippen molar-refractivity contribution in [2.45, 2.75) is 13.5 Å². The molecule has 0 saturated heterocycles. The second-order valence-electron chi connectivity index (χ2n) is 5.38. The predicted molar refractivity (Wildman–Crippen MR) is 100 cm³/mol. The average molecular weight is 398 g/mol. The Kier molecular flexibility index (Phi) is 5.35. The molecular weight excluding hydrogens is 382 g/mol. The number of hydrogen-bond donors (Lipinski definition) is 2. The summed E-state index contributed by atoms with van der Waals surface area (Å²) in [6, 6.07) is 12.9. The number of nitrogens with one attached hydrogen (secondary N) is 2. The first-order chi connectivity index (χ1) is 12.1. The van der Waals surface area contributed by atoms with Gasteiger partial charge in [-0.1, -0.05) is 28.1 Å². The summed E-state index contributed by atoms with van der Waals surface area (Å²) in [6.07, 6.45) is 3.09. The van der Waals surface area contributed by atoms with E-state index in [9.17, 15) is 4.79 Å². The lowest BCUT2D eigenvalue weighted by Crippen LogP contribution is -2.14. The molecule has 126 valence electrons. The molecule has 0 aliphatic heterocycles. The van der Waals surface area contributed by atoms with Crippen molar-refractivity contribution in [3.63, 3.8) is 0 Å². The van der Waals surface area contributed by atoms with Crippen LogP contribution in [0.2, 0.25) is 0 Å². The highest BCUT2D eigenvalue weighted by molar-refractivity contribution is 9.10. The Bertz CT molecular complexity index is 886. The van der Waals surface area contributed by atoms with Gasteiger partial charge < -0.3 is 10.6 Å². The molecule has 0 aliphatic rings. The zero-order valence-electron chi connectivity index (χ0n) is 13.5. The van der Waals surface area contributed by atoms with Gasteiger partial charge in [0.1, 0.15) is 17.8 Å². The van der Waals surface area contributed by atoms with Gasteiger partial charge in [0.05, 0.1) is 12.2 Å². The number of carbonyl (C=O) groups is 1. The zero-order valence-corrected chi connectivity index (χ0v) is 15.1. The number of rotatable bonds is 5. The molecule has 1 amide bonds. The third-order valence-corrected chi connectivity index (χ3v) is 4.36. The molecular formula is C18H16BrN5O. The summed E-state index contributed by atoms with van der Waals surface area (Å²) in [7, 11) is 0. The van der Waals surface area contributed by atoms with E-state index in [0.717, 1.165) is 15.7 Å². The van der Waals surface area contributed by atoms with Gasteiger partial charge >= 0.3 is 0 Å². The van der Waals surface area contributed by atoms with E-state index in [1.807, 2.05) is 43.3 Å². The number of amides is 1. The Morgan fingerprint density at radius 2 is 2.00 bits per heavy atom. The average Bonchev–Trinajstić information content (AvgIpc) is 2.64. The van der Waals surface area contributed by atoms with Crippen molar-refractivity contribution in [3.8, 4) is 0 Å². The molecule has 3 rings (SSSR count). The monoisotopic (exact) mass is 397 g/mol. The van der Waals surface area contributed by atoms with Crippen LogP contribution >= 0.6 is 15.9 Å². The van der Waals surface area contributed by atoms with Gasteiger partial charge in [-0.05, 0) is 36.8 Å². The molecule has 0 bridgehead atoms. The Morgan fingerprint density at radius 1 is 1.12 bits per heavy atom. The molecule has 0 radical (unpaired) electrons. The topological polar surface area (TPSA) is 79.8 Å². The van der Waals surface area contributed by atoms with Gasteiger partial charge in [-0.2, -0.15) is 0 Å². The smallest absolute Gasteiger partial charge is 0.274 e. The number of hydrogen-bond acceptors (Lipinski definition) is 5. The summed E-state index contributed by atoms with van der Waals surface area (Å²) in [5.74, 6) is 0.273. The zero-order chi connectivity index (χ0) is 17.6.